The summed E-state index contributed by atoms with van der Waals surface area (Å²) >= 11 is 5.97. The Morgan fingerprint density at radius 2 is 2.00 bits per heavy atom. The Hall–Kier alpha value is -1.29. The van der Waals surface area contributed by atoms with Gasteiger partial charge in [0.25, 0.3) is 0 Å². The molecular formula is C14H19ClN2O2. The van der Waals surface area contributed by atoms with Crippen molar-refractivity contribution in [2.45, 2.75) is 33.6 Å². The number of aryl methyl sites for hydroxylation is 1. The topological polar surface area (TPSA) is 53.4 Å². The van der Waals surface area contributed by atoms with Gasteiger partial charge in [0.1, 0.15) is 16.5 Å². The van der Waals surface area contributed by atoms with Gasteiger partial charge in [-0.05, 0) is 36.8 Å². The number of carbonyl (C=O) groups is 1. The van der Waals surface area contributed by atoms with Crippen LogP contribution in [0.5, 0.6) is 0 Å². The van der Waals surface area contributed by atoms with Crippen molar-refractivity contribution >= 4 is 23.4 Å². The third-order valence-corrected chi connectivity index (χ3v) is 3.99. The van der Waals surface area contributed by atoms with Gasteiger partial charge >= 0.3 is 5.97 Å². The van der Waals surface area contributed by atoms with Crippen LogP contribution in [0, 0.1) is 12.3 Å². The summed E-state index contributed by atoms with van der Waals surface area (Å²) in [5.74, 6) is -0.436. The molecule has 5 heteroatoms. The van der Waals surface area contributed by atoms with Crippen LogP contribution in [0.15, 0.2) is 6.07 Å². The standard InChI is InChI=1S/C14H19ClN2O2/c1-9-8-10(15)16-12(11(9)13(18)19)17-6-4-14(2,3)5-7-17/h8H,4-7H2,1-3H3,(H,18,19). The first-order valence-corrected chi connectivity index (χ1v) is 6.83. The lowest BCUT2D eigenvalue weighted by Gasteiger charge is -2.38. The minimum absolute atomic E-state index is 0.268. The Kier molecular flexibility index (Phi) is 3.72. The third kappa shape index (κ3) is 3.00. The average Bonchev–Trinajstić information content (AvgIpc) is 2.26. The maximum absolute atomic E-state index is 11.4. The highest BCUT2D eigenvalue weighted by Gasteiger charge is 2.29. The van der Waals surface area contributed by atoms with E-state index in [2.05, 4.69) is 18.8 Å². The molecule has 2 heterocycles. The van der Waals surface area contributed by atoms with E-state index in [1.165, 1.54) is 0 Å². The number of halogens is 1. The summed E-state index contributed by atoms with van der Waals surface area (Å²) in [6.45, 7) is 7.87. The number of piperidine rings is 1. The minimum Gasteiger partial charge on any atom is -0.478 e. The number of carboxylic acid groups (broad SMARTS) is 1. The lowest BCUT2D eigenvalue weighted by molar-refractivity contribution is 0.0696. The van der Waals surface area contributed by atoms with Gasteiger partial charge in [-0.2, -0.15) is 0 Å². The number of aromatic nitrogens is 1. The van der Waals surface area contributed by atoms with E-state index in [-0.39, 0.29) is 5.56 Å². The number of hydrogen-bond donors (Lipinski definition) is 1. The van der Waals surface area contributed by atoms with Crippen molar-refractivity contribution < 1.29 is 9.90 Å². The van der Waals surface area contributed by atoms with E-state index >= 15 is 0 Å². The van der Waals surface area contributed by atoms with Gasteiger partial charge in [-0.25, -0.2) is 9.78 Å². The first kappa shape index (κ1) is 14.1. The fourth-order valence-corrected chi connectivity index (χ4v) is 2.68. The molecular weight excluding hydrogens is 264 g/mol. The highest BCUT2D eigenvalue weighted by Crippen LogP contribution is 2.34. The summed E-state index contributed by atoms with van der Waals surface area (Å²) in [7, 11) is 0. The van der Waals surface area contributed by atoms with Crippen LogP contribution in [-0.4, -0.2) is 29.1 Å². The molecule has 0 saturated carbocycles. The molecule has 104 valence electrons. The zero-order chi connectivity index (χ0) is 14.2. The van der Waals surface area contributed by atoms with E-state index < -0.39 is 5.97 Å². The highest BCUT2D eigenvalue weighted by atomic mass is 35.5. The van der Waals surface area contributed by atoms with Crippen molar-refractivity contribution in [3.63, 3.8) is 0 Å². The molecule has 0 amide bonds. The number of anilines is 1. The van der Waals surface area contributed by atoms with Crippen LogP contribution in [0.25, 0.3) is 0 Å². The fourth-order valence-electron chi connectivity index (χ4n) is 2.43. The molecule has 1 saturated heterocycles. The molecule has 2 rings (SSSR count). The second kappa shape index (κ2) is 5.00. The van der Waals surface area contributed by atoms with Crippen molar-refractivity contribution in [1.29, 1.82) is 0 Å². The van der Waals surface area contributed by atoms with Crippen LogP contribution in [0.4, 0.5) is 5.82 Å². The van der Waals surface area contributed by atoms with Crippen molar-refractivity contribution in [2.75, 3.05) is 18.0 Å². The van der Waals surface area contributed by atoms with E-state index in [4.69, 9.17) is 11.6 Å². The highest BCUT2D eigenvalue weighted by molar-refractivity contribution is 6.29. The van der Waals surface area contributed by atoms with Gasteiger partial charge in [-0.3, -0.25) is 0 Å². The lowest BCUT2D eigenvalue weighted by Crippen LogP contribution is -2.38. The van der Waals surface area contributed by atoms with Crippen molar-refractivity contribution in [3.8, 4) is 0 Å². The van der Waals surface area contributed by atoms with Crippen LogP contribution in [0.1, 0.15) is 42.6 Å². The summed E-state index contributed by atoms with van der Waals surface area (Å²) in [6, 6.07) is 1.60. The molecule has 0 radical (unpaired) electrons. The number of nitrogens with zero attached hydrogens (tertiary/aromatic N) is 2. The molecule has 1 aliphatic rings. The summed E-state index contributed by atoms with van der Waals surface area (Å²) in [5, 5.41) is 9.71. The second-order valence-electron chi connectivity index (χ2n) is 5.92. The van der Waals surface area contributed by atoms with Gasteiger partial charge in [0.15, 0.2) is 0 Å². The molecule has 1 aromatic rings. The number of pyridine rings is 1. The van der Waals surface area contributed by atoms with Gasteiger partial charge in [0.2, 0.25) is 0 Å². The fraction of sp³-hybridized carbons (Fsp3) is 0.571. The van der Waals surface area contributed by atoms with Crippen molar-refractivity contribution in [2.24, 2.45) is 5.41 Å². The van der Waals surface area contributed by atoms with Crippen molar-refractivity contribution in [3.05, 3.63) is 22.3 Å². The van der Waals surface area contributed by atoms with E-state index in [9.17, 15) is 9.90 Å². The zero-order valence-corrected chi connectivity index (χ0v) is 12.3. The van der Waals surface area contributed by atoms with E-state index in [0.717, 1.165) is 25.9 Å². The Balaban J connectivity index is 2.37. The maximum atomic E-state index is 11.4. The number of hydrogen-bond acceptors (Lipinski definition) is 3. The number of carboxylic acids is 1. The lowest BCUT2D eigenvalue weighted by atomic mass is 9.82. The molecule has 1 N–H and O–H groups in total. The zero-order valence-electron chi connectivity index (χ0n) is 11.5. The first-order chi connectivity index (χ1) is 8.80. The molecule has 0 spiro atoms. The number of aromatic carboxylic acids is 1. The second-order valence-corrected chi connectivity index (χ2v) is 6.30. The molecule has 4 nitrogen and oxygen atoms in total. The minimum atomic E-state index is -0.943. The molecule has 0 bridgehead atoms. The van der Waals surface area contributed by atoms with Gasteiger partial charge in [0.05, 0.1) is 0 Å². The van der Waals surface area contributed by atoms with Gasteiger partial charge < -0.3 is 10.0 Å². The maximum Gasteiger partial charge on any atom is 0.339 e. The molecule has 0 atom stereocenters. The van der Waals surface area contributed by atoms with Crippen LogP contribution >= 0.6 is 11.6 Å². The number of rotatable bonds is 2. The van der Waals surface area contributed by atoms with Crippen LogP contribution in [-0.2, 0) is 0 Å². The quantitative estimate of drug-likeness (QED) is 0.845. The van der Waals surface area contributed by atoms with Crippen LogP contribution in [0.2, 0.25) is 5.15 Å². The monoisotopic (exact) mass is 282 g/mol. The molecule has 1 aromatic heterocycles. The molecule has 0 unspecified atom stereocenters. The van der Waals surface area contributed by atoms with Gasteiger partial charge in [0, 0.05) is 13.1 Å². The molecule has 0 aromatic carbocycles. The van der Waals surface area contributed by atoms with Crippen LogP contribution in [0.3, 0.4) is 0 Å². The smallest absolute Gasteiger partial charge is 0.339 e. The summed E-state index contributed by atoms with van der Waals surface area (Å²) < 4.78 is 0. The third-order valence-electron chi connectivity index (χ3n) is 3.80. The van der Waals surface area contributed by atoms with Gasteiger partial charge in [-0.15, -0.1) is 0 Å². The summed E-state index contributed by atoms with van der Waals surface area (Å²) in [4.78, 5) is 17.7. The Morgan fingerprint density at radius 3 is 2.53 bits per heavy atom. The normalized spacial score (nSPS) is 18.4. The SMILES string of the molecule is Cc1cc(Cl)nc(N2CCC(C)(C)CC2)c1C(=O)O. The van der Waals surface area contributed by atoms with E-state index in [1.807, 2.05) is 4.90 Å². The Labute approximate surface area is 118 Å². The van der Waals surface area contributed by atoms with Crippen molar-refractivity contribution in [1.82, 2.24) is 4.98 Å². The average molecular weight is 283 g/mol. The first-order valence-electron chi connectivity index (χ1n) is 6.45. The Bertz CT molecular complexity index is 504. The Morgan fingerprint density at radius 1 is 1.42 bits per heavy atom. The summed E-state index contributed by atoms with van der Waals surface area (Å²) in [5.41, 5.74) is 1.24. The molecule has 1 aliphatic heterocycles. The van der Waals surface area contributed by atoms with E-state index in [1.54, 1.807) is 13.0 Å². The molecule has 1 fully saturated rings. The summed E-state index contributed by atoms with van der Waals surface area (Å²) in [6.07, 6.45) is 2.05. The van der Waals surface area contributed by atoms with Crippen LogP contribution < -0.4 is 4.90 Å². The predicted octanol–water partition coefficient (Wildman–Crippen LogP) is 3.37. The molecule has 19 heavy (non-hydrogen) atoms. The molecule has 0 aliphatic carbocycles. The largest absolute Gasteiger partial charge is 0.478 e. The van der Waals surface area contributed by atoms with E-state index in [0.29, 0.717) is 21.9 Å². The predicted molar refractivity (Wildman–Crippen MR) is 76.2 cm³/mol. The van der Waals surface area contributed by atoms with Gasteiger partial charge in [-0.1, -0.05) is 25.4 Å².